The summed E-state index contributed by atoms with van der Waals surface area (Å²) in [7, 11) is 1.27. The molecule has 7 heteroatoms. The van der Waals surface area contributed by atoms with Crippen LogP contribution in [0.1, 0.15) is 38.3 Å². The van der Waals surface area contributed by atoms with Crippen LogP contribution < -0.4 is 5.32 Å². The third-order valence-corrected chi connectivity index (χ3v) is 5.04. The van der Waals surface area contributed by atoms with Crippen molar-refractivity contribution in [2.75, 3.05) is 25.5 Å². The lowest BCUT2D eigenvalue weighted by molar-refractivity contribution is -0.141. The van der Waals surface area contributed by atoms with E-state index in [9.17, 15) is 10.1 Å². The first-order valence-corrected chi connectivity index (χ1v) is 9.28. The lowest BCUT2D eigenvalue weighted by atomic mass is 10.0. The van der Waals surface area contributed by atoms with Crippen molar-refractivity contribution in [3.05, 3.63) is 30.0 Å². The van der Waals surface area contributed by atoms with Gasteiger partial charge >= 0.3 is 5.97 Å². The van der Waals surface area contributed by atoms with Crippen molar-refractivity contribution in [2.24, 2.45) is 0 Å². The number of anilines is 1. The molecule has 1 atom stereocenters. The van der Waals surface area contributed by atoms with Gasteiger partial charge in [0.2, 0.25) is 0 Å². The van der Waals surface area contributed by atoms with E-state index in [-0.39, 0.29) is 6.04 Å². The Labute approximate surface area is 159 Å². The van der Waals surface area contributed by atoms with Crippen LogP contribution in [0.2, 0.25) is 0 Å². The molecule has 0 spiro atoms. The Morgan fingerprint density at radius 2 is 1.89 bits per heavy atom. The number of esters is 1. The van der Waals surface area contributed by atoms with Gasteiger partial charge in [0.05, 0.1) is 24.2 Å². The fourth-order valence-corrected chi connectivity index (χ4v) is 3.42. The number of benzene rings is 1. The molecule has 2 heterocycles. The minimum absolute atomic E-state index is 0.228. The quantitative estimate of drug-likeness (QED) is 0.812. The number of ether oxygens (including phenoxy) is 1. The number of para-hydroxylation sites is 2. The van der Waals surface area contributed by atoms with Gasteiger partial charge in [-0.2, -0.15) is 5.26 Å². The summed E-state index contributed by atoms with van der Waals surface area (Å²) in [6.07, 6.45) is 1.95. The van der Waals surface area contributed by atoms with Crippen molar-refractivity contribution in [3.8, 4) is 6.07 Å². The third-order valence-electron chi connectivity index (χ3n) is 5.04. The van der Waals surface area contributed by atoms with Gasteiger partial charge < -0.3 is 15.0 Å². The number of aromatic nitrogens is 2. The standard InChI is InChI=1S/C20H25N5O2/c1-13(2)25-10-8-14(9-11-25)22-19-18(15(12-21)20(26)27-3)23-16-6-4-5-7-17(16)24-19/h4-7,13-15H,8-11H2,1-3H3,(H,22,24). The Balaban J connectivity index is 1.92. The molecule has 0 radical (unpaired) electrons. The molecule has 1 aliphatic heterocycles. The average molecular weight is 367 g/mol. The number of methoxy groups -OCH3 is 1. The van der Waals surface area contributed by atoms with Gasteiger partial charge in [-0.15, -0.1) is 0 Å². The smallest absolute Gasteiger partial charge is 0.329 e. The second kappa shape index (κ2) is 8.31. The van der Waals surface area contributed by atoms with E-state index >= 15 is 0 Å². The molecular formula is C20H25N5O2. The van der Waals surface area contributed by atoms with Crippen LogP contribution in [-0.4, -0.2) is 53.1 Å². The first-order chi connectivity index (χ1) is 13.0. The number of hydrogen-bond donors (Lipinski definition) is 1. The van der Waals surface area contributed by atoms with E-state index in [0.717, 1.165) is 31.4 Å². The monoisotopic (exact) mass is 367 g/mol. The van der Waals surface area contributed by atoms with E-state index in [2.05, 4.69) is 34.0 Å². The molecule has 2 aromatic rings. The Kier molecular flexibility index (Phi) is 5.87. The minimum atomic E-state index is -1.11. The van der Waals surface area contributed by atoms with Gasteiger partial charge in [-0.05, 0) is 38.8 Å². The minimum Gasteiger partial charge on any atom is -0.468 e. The zero-order chi connectivity index (χ0) is 19.4. The summed E-state index contributed by atoms with van der Waals surface area (Å²) in [5, 5.41) is 13.0. The molecule has 0 saturated carbocycles. The summed E-state index contributed by atoms with van der Waals surface area (Å²) >= 11 is 0. The SMILES string of the molecule is COC(=O)C(C#N)c1nc2ccccc2nc1NC1CCN(C(C)C)CC1. The average Bonchev–Trinajstić information content (AvgIpc) is 2.69. The molecule has 0 bridgehead atoms. The van der Waals surface area contributed by atoms with E-state index in [1.54, 1.807) is 0 Å². The summed E-state index contributed by atoms with van der Waals surface area (Å²) in [5.41, 5.74) is 1.70. The topological polar surface area (TPSA) is 91.1 Å². The number of nitriles is 1. The van der Waals surface area contributed by atoms with Crippen molar-refractivity contribution in [3.63, 3.8) is 0 Å². The predicted molar refractivity (Wildman–Crippen MR) is 103 cm³/mol. The Morgan fingerprint density at radius 1 is 1.26 bits per heavy atom. The van der Waals surface area contributed by atoms with Crippen LogP contribution >= 0.6 is 0 Å². The lowest BCUT2D eigenvalue weighted by Gasteiger charge is -2.35. The zero-order valence-electron chi connectivity index (χ0n) is 16.0. The maximum absolute atomic E-state index is 12.1. The lowest BCUT2D eigenvalue weighted by Crippen LogP contribution is -2.42. The zero-order valence-corrected chi connectivity index (χ0v) is 16.0. The molecule has 1 aromatic heterocycles. The Morgan fingerprint density at radius 3 is 2.44 bits per heavy atom. The van der Waals surface area contributed by atoms with E-state index in [0.29, 0.717) is 23.1 Å². The molecule has 3 rings (SSSR count). The number of rotatable bonds is 5. The van der Waals surface area contributed by atoms with E-state index in [1.165, 1.54) is 7.11 Å². The number of carbonyl (C=O) groups is 1. The fraction of sp³-hybridized carbons (Fsp3) is 0.500. The number of likely N-dealkylation sites (tertiary alicyclic amines) is 1. The van der Waals surface area contributed by atoms with Crippen LogP contribution in [0.4, 0.5) is 5.82 Å². The van der Waals surface area contributed by atoms with E-state index in [1.807, 2.05) is 30.3 Å². The molecule has 1 unspecified atom stereocenters. The predicted octanol–water partition coefficient (Wildman–Crippen LogP) is 2.69. The summed E-state index contributed by atoms with van der Waals surface area (Å²) in [5.74, 6) is -1.24. The largest absolute Gasteiger partial charge is 0.468 e. The summed E-state index contributed by atoms with van der Waals surface area (Å²) in [6, 6.07) is 10.2. The molecule has 27 heavy (non-hydrogen) atoms. The Bertz CT molecular complexity index is 853. The van der Waals surface area contributed by atoms with Gasteiger partial charge in [0.1, 0.15) is 5.69 Å². The highest BCUT2D eigenvalue weighted by molar-refractivity contribution is 5.84. The summed E-state index contributed by atoms with van der Waals surface area (Å²) in [4.78, 5) is 23.8. The highest BCUT2D eigenvalue weighted by atomic mass is 16.5. The van der Waals surface area contributed by atoms with Crippen LogP contribution in [0.5, 0.6) is 0 Å². The fourth-order valence-electron chi connectivity index (χ4n) is 3.42. The van der Waals surface area contributed by atoms with Gasteiger partial charge in [-0.3, -0.25) is 4.79 Å². The summed E-state index contributed by atoms with van der Waals surface area (Å²) < 4.78 is 4.79. The van der Waals surface area contributed by atoms with Crippen molar-refractivity contribution in [2.45, 2.75) is 44.7 Å². The highest BCUT2D eigenvalue weighted by Crippen LogP contribution is 2.27. The molecule has 7 nitrogen and oxygen atoms in total. The molecule has 1 saturated heterocycles. The molecule has 142 valence electrons. The molecule has 1 aliphatic rings. The third kappa shape index (κ3) is 4.17. The van der Waals surface area contributed by atoms with Gasteiger partial charge in [0.25, 0.3) is 0 Å². The van der Waals surface area contributed by atoms with E-state index in [4.69, 9.17) is 4.74 Å². The second-order valence-electron chi connectivity index (χ2n) is 7.08. The Hall–Kier alpha value is -2.72. The van der Waals surface area contributed by atoms with Gasteiger partial charge in [0.15, 0.2) is 11.7 Å². The van der Waals surface area contributed by atoms with Gasteiger partial charge in [-0.25, -0.2) is 9.97 Å². The molecule has 0 aliphatic carbocycles. The number of fused-ring (bicyclic) bond motifs is 1. The highest BCUT2D eigenvalue weighted by Gasteiger charge is 2.29. The molecule has 0 amide bonds. The maximum Gasteiger partial charge on any atom is 0.329 e. The number of piperidine rings is 1. The maximum atomic E-state index is 12.1. The van der Waals surface area contributed by atoms with Crippen LogP contribution in [0, 0.1) is 11.3 Å². The van der Waals surface area contributed by atoms with Gasteiger partial charge in [-0.1, -0.05) is 12.1 Å². The van der Waals surface area contributed by atoms with E-state index < -0.39 is 11.9 Å². The van der Waals surface area contributed by atoms with Crippen LogP contribution in [0.25, 0.3) is 11.0 Å². The van der Waals surface area contributed by atoms with Crippen LogP contribution in [-0.2, 0) is 9.53 Å². The van der Waals surface area contributed by atoms with Crippen molar-refractivity contribution >= 4 is 22.8 Å². The number of nitrogens with one attached hydrogen (secondary N) is 1. The number of hydrogen-bond acceptors (Lipinski definition) is 7. The van der Waals surface area contributed by atoms with Crippen molar-refractivity contribution in [1.82, 2.24) is 14.9 Å². The molecule has 1 N–H and O–H groups in total. The molecular weight excluding hydrogens is 342 g/mol. The molecule has 1 fully saturated rings. The van der Waals surface area contributed by atoms with Gasteiger partial charge in [0, 0.05) is 25.2 Å². The second-order valence-corrected chi connectivity index (χ2v) is 7.08. The first kappa shape index (κ1) is 19.1. The number of nitrogens with zero attached hydrogens (tertiary/aromatic N) is 4. The van der Waals surface area contributed by atoms with Crippen LogP contribution in [0.3, 0.4) is 0 Å². The van der Waals surface area contributed by atoms with Crippen LogP contribution in [0.15, 0.2) is 24.3 Å². The van der Waals surface area contributed by atoms with Crippen molar-refractivity contribution in [1.29, 1.82) is 5.26 Å². The number of carbonyl (C=O) groups excluding carboxylic acids is 1. The van der Waals surface area contributed by atoms with Crippen molar-refractivity contribution < 1.29 is 9.53 Å². The molecule has 1 aromatic carbocycles. The first-order valence-electron chi connectivity index (χ1n) is 9.28. The normalized spacial score (nSPS) is 16.9. The summed E-state index contributed by atoms with van der Waals surface area (Å²) in [6.45, 7) is 6.41.